The van der Waals surface area contributed by atoms with Crippen molar-refractivity contribution in [1.82, 2.24) is 0 Å². The molecule has 2 rings (SSSR count). The number of fused-ring (bicyclic) bond motifs is 1. The number of ether oxygens (including phenoxy) is 2. The van der Waals surface area contributed by atoms with Crippen LogP contribution in [0.5, 0.6) is 5.75 Å². The number of esters is 1. The van der Waals surface area contributed by atoms with Crippen LogP contribution in [0.2, 0.25) is 0 Å². The molecule has 0 bridgehead atoms. The monoisotopic (exact) mass is 316 g/mol. The molecule has 126 valence electrons. The maximum atomic E-state index is 12.4. The van der Waals surface area contributed by atoms with Crippen LogP contribution < -0.4 is 4.74 Å². The molecule has 3 heteroatoms. The van der Waals surface area contributed by atoms with Crippen molar-refractivity contribution in [2.45, 2.75) is 66.4 Å². The summed E-state index contributed by atoms with van der Waals surface area (Å²) >= 11 is 0. The van der Waals surface area contributed by atoms with Gasteiger partial charge in [0.05, 0.1) is 5.41 Å². The lowest BCUT2D eigenvalue weighted by molar-refractivity contribution is -0.144. The summed E-state index contributed by atoms with van der Waals surface area (Å²) in [5.41, 5.74) is 1.37. The molecule has 23 heavy (non-hydrogen) atoms. The molecule has 3 nitrogen and oxygen atoms in total. The molecule has 1 aromatic carbocycles. The van der Waals surface area contributed by atoms with Crippen LogP contribution in [0.1, 0.15) is 65.5 Å². The predicted molar refractivity (Wildman–Crippen MR) is 93.3 cm³/mol. The van der Waals surface area contributed by atoms with E-state index in [9.17, 15) is 4.79 Å². The van der Waals surface area contributed by atoms with Crippen molar-refractivity contribution in [3.05, 3.63) is 35.4 Å². The number of hydrogen-bond donors (Lipinski definition) is 0. The van der Waals surface area contributed by atoms with Crippen LogP contribution in [-0.4, -0.2) is 11.6 Å². The predicted octanol–water partition coefficient (Wildman–Crippen LogP) is 5.13. The second kappa shape index (κ2) is 6.38. The molecule has 0 saturated heterocycles. The topological polar surface area (TPSA) is 35.5 Å². The molecule has 0 N–H and O–H groups in total. The maximum Gasteiger partial charge on any atom is 0.316 e. The largest absolute Gasteiger partial charge is 0.488 e. The van der Waals surface area contributed by atoms with Gasteiger partial charge in [-0.3, -0.25) is 4.79 Å². The maximum absolute atomic E-state index is 12.4. The Kier molecular flexibility index (Phi) is 4.88. The fourth-order valence-corrected chi connectivity index (χ4v) is 2.42. The van der Waals surface area contributed by atoms with Gasteiger partial charge in [0.1, 0.15) is 17.1 Å². The summed E-state index contributed by atoms with van der Waals surface area (Å²) in [6.45, 7) is 11.9. The van der Waals surface area contributed by atoms with E-state index in [2.05, 4.69) is 6.08 Å². The van der Waals surface area contributed by atoms with Crippen LogP contribution >= 0.6 is 0 Å². The van der Waals surface area contributed by atoms with Gasteiger partial charge in [-0.1, -0.05) is 19.1 Å². The van der Waals surface area contributed by atoms with Crippen LogP contribution in [0.25, 0.3) is 5.76 Å². The van der Waals surface area contributed by atoms with Gasteiger partial charge in [-0.25, -0.2) is 0 Å². The van der Waals surface area contributed by atoms with Crippen molar-refractivity contribution in [2.24, 2.45) is 5.41 Å². The summed E-state index contributed by atoms with van der Waals surface area (Å²) in [6.07, 6.45) is 4.63. The highest BCUT2D eigenvalue weighted by Gasteiger charge is 2.29. The number of carbonyl (C=O) groups is 1. The van der Waals surface area contributed by atoms with Crippen molar-refractivity contribution in [3.8, 4) is 5.75 Å². The summed E-state index contributed by atoms with van der Waals surface area (Å²) < 4.78 is 11.8. The zero-order valence-electron chi connectivity index (χ0n) is 15.2. The van der Waals surface area contributed by atoms with Crippen molar-refractivity contribution >= 4 is 11.7 Å². The normalized spacial score (nSPS) is 14.8. The van der Waals surface area contributed by atoms with E-state index in [4.69, 9.17) is 9.47 Å². The third kappa shape index (κ3) is 4.15. The number of hydrogen-bond acceptors (Lipinski definition) is 3. The lowest BCUT2D eigenvalue weighted by Gasteiger charge is -2.28. The molecule has 0 aliphatic heterocycles. The summed E-state index contributed by atoms with van der Waals surface area (Å²) in [6, 6.07) is 5.84. The van der Waals surface area contributed by atoms with Crippen LogP contribution in [0, 0.1) is 5.41 Å². The minimum Gasteiger partial charge on any atom is -0.488 e. The van der Waals surface area contributed by atoms with E-state index in [0.717, 1.165) is 36.1 Å². The van der Waals surface area contributed by atoms with Gasteiger partial charge in [0, 0.05) is 11.1 Å². The van der Waals surface area contributed by atoms with Gasteiger partial charge in [-0.2, -0.15) is 0 Å². The number of benzene rings is 1. The highest BCUT2D eigenvalue weighted by atomic mass is 16.5. The summed E-state index contributed by atoms with van der Waals surface area (Å²) in [5.74, 6) is 1.37. The Labute approximate surface area is 139 Å². The second-order valence-corrected chi connectivity index (χ2v) is 7.73. The zero-order valence-corrected chi connectivity index (χ0v) is 15.2. The van der Waals surface area contributed by atoms with Gasteiger partial charge >= 0.3 is 5.97 Å². The first kappa shape index (κ1) is 17.6. The number of carbonyl (C=O) groups excluding carboxylic acids is 1. The van der Waals surface area contributed by atoms with Crippen LogP contribution in [0.15, 0.2) is 24.3 Å². The van der Waals surface area contributed by atoms with Crippen molar-refractivity contribution < 1.29 is 14.3 Å². The zero-order chi connectivity index (χ0) is 17.3. The summed E-state index contributed by atoms with van der Waals surface area (Å²) in [4.78, 5) is 12.4. The van der Waals surface area contributed by atoms with E-state index in [-0.39, 0.29) is 11.6 Å². The fourth-order valence-electron chi connectivity index (χ4n) is 2.42. The lowest BCUT2D eigenvalue weighted by atomic mass is 9.90. The molecule has 0 radical (unpaired) electrons. The van der Waals surface area contributed by atoms with E-state index < -0.39 is 5.41 Å². The third-order valence-corrected chi connectivity index (χ3v) is 4.18. The third-order valence-electron chi connectivity index (χ3n) is 4.18. The first-order valence-electron chi connectivity index (χ1n) is 8.38. The van der Waals surface area contributed by atoms with E-state index >= 15 is 0 Å². The molecule has 1 aliphatic carbocycles. The smallest absolute Gasteiger partial charge is 0.316 e. The highest BCUT2D eigenvalue weighted by molar-refractivity contribution is 5.79. The molecule has 0 atom stereocenters. The molecule has 0 fully saturated rings. The molecular formula is C20H28O3. The Morgan fingerprint density at radius 1 is 1.17 bits per heavy atom. The van der Waals surface area contributed by atoms with Gasteiger partial charge in [0.25, 0.3) is 0 Å². The van der Waals surface area contributed by atoms with Gasteiger partial charge in [0.15, 0.2) is 0 Å². The number of rotatable bonds is 4. The Bertz CT molecular complexity index is 618. The average Bonchev–Trinajstić information content (AvgIpc) is 2.46. The van der Waals surface area contributed by atoms with Crippen LogP contribution in [0.3, 0.4) is 0 Å². The minimum atomic E-state index is -0.474. The Morgan fingerprint density at radius 2 is 1.87 bits per heavy atom. The molecule has 0 saturated carbocycles. The lowest BCUT2D eigenvalue weighted by Crippen LogP contribution is -2.28. The Balaban J connectivity index is 2.31. The van der Waals surface area contributed by atoms with Gasteiger partial charge < -0.3 is 9.47 Å². The first-order valence-corrected chi connectivity index (χ1v) is 8.38. The molecule has 0 aromatic heterocycles. The molecule has 0 unspecified atom stereocenters. The Morgan fingerprint density at radius 3 is 2.48 bits per heavy atom. The van der Waals surface area contributed by atoms with Crippen molar-refractivity contribution in [2.75, 3.05) is 0 Å². The quantitative estimate of drug-likeness (QED) is 0.570. The molecular weight excluding hydrogens is 288 g/mol. The Hall–Kier alpha value is -1.77. The first-order chi connectivity index (χ1) is 10.6. The van der Waals surface area contributed by atoms with E-state index in [1.54, 1.807) is 0 Å². The van der Waals surface area contributed by atoms with Crippen LogP contribution in [0.4, 0.5) is 0 Å². The minimum absolute atomic E-state index is 0.179. The summed E-state index contributed by atoms with van der Waals surface area (Å²) in [5, 5.41) is 0. The van der Waals surface area contributed by atoms with Gasteiger partial charge in [0.2, 0.25) is 0 Å². The summed E-state index contributed by atoms with van der Waals surface area (Å²) in [7, 11) is 0. The van der Waals surface area contributed by atoms with Gasteiger partial charge in [-0.15, -0.1) is 0 Å². The van der Waals surface area contributed by atoms with E-state index in [0.29, 0.717) is 5.75 Å². The van der Waals surface area contributed by atoms with Crippen molar-refractivity contribution in [3.63, 3.8) is 0 Å². The fraction of sp³-hybridized carbons (Fsp3) is 0.550. The standard InChI is InChI=1S/C20H28O3/c1-7-20(5,6)18(21)22-16-12-8-11-15-14(16)10-9-13-17(15)23-19(2,3)4/h8,11-13H,7,9-10H2,1-6H3. The number of allylic oxidation sites excluding steroid dienone is 1. The highest BCUT2D eigenvalue weighted by Crippen LogP contribution is 2.36. The molecule has 1 aromatic rings. The average molecular weight is 316 g/mol. The second-order valence-electron chi connectivity index (χ2n) is 7.73. The molecule has 1 aliphatic rings. The van der Waals surface area contributed by atoms with Crippen molar-refractivity contribution in [1.29, 1.82) is 0 Å². The molecule has 0 amide bonds. The van der Waals surface area contributed by atoms with Gasteiger partial charge in [-0.05, 0) is 66.0 Å². The SMILES string of the molecule is CCC(C)(C)C(=O)Oc1cccc2c1CCC=C2OC(C)(C)C. The van der Waals surface area contributed by atoms with E-state index in [1.807, 2.05) is 59.7 Å². The van der Waals surface area contributed by atoms with Crippen LogP contribution in [-0.2, 0) is 16.0 Å². The molecule has 0 spiro atoms. The molecule has 0 heterocycles. The van der Waals surface area contributed by atoms with E-state index in [1.165, 1.54) is 0 Å².